The van der Waals surface area contributed by atoms with Gasteiger partial charge in [0.05, 0.1) is 23.2 Å². The van der Waals surface area contributed by atoms with Crippen LogP contribution >= 0.6 is 23.6 Å². The minimum absolute atomic E-state index is 0.0245. The molecule has 0 bridgehead atoms. The number of nitrogens with zero attached hydrogens (tertiary/aromatic N) is 1. The van der Waals surface area contributed by atoms with Crippen molar-refractivity contribution in [1.29, 1.82) is 0 Å². The maximum absolute atomic E-state index is 11.8. The number of rotatable bonds is 6. The van der Waals surface area contributed by atoms with Gasteiger partial charge in [0.15, 0.2) is 5.11 Å². The maximum Gasteiger partial charge on any atom is 0.306 e. The predicted molar refractivity (Wildman–Crippen MR) is 120 cm³/mol. The zero-order valence-corrected chi connectivity index (χ0v) is 17.8. The van der Waals surface area contributed by atoms with Gasteiger partial charge in [-0.1, -0.05) is 6.07 Å². The van der Waals surface area contributed by atoms with Crippen LogP contribution in [0.4, 0.5) is 5.69 Å². The highest BCUT2D eigenvalue weighted by molar-refractivity contribution is 7.80. The summed E-state index contributed by atoms with van der Waals surface area (Å²) in [7, 11) is 0. The Bertz CT molecular complexity index is 1050. The van der Waals surface area contributed by atoms with E-state index in [-0.39, 0.29) is 23.9 Å². The summed E-state index contributed by atoms with van der Waals surface area (Å²) in [6.45, 7) is 4.09. The number of nitrogens with one attached hydrogen (secondary N) is 2. The van der Waals surface area contributed by atoms with E-state index in [1.807, 2.05) is 30.3 Å². The Balaban J connectivity index is 1.56. The molecule has 0 aliphatic rings. The molecular weight excluding hydrogens is 406 g/mol. The molecule has 2 aromatic carbocycles. The Morgan fingerprint density at radius 1 is 1.14 bits per heavy atom. The fraction of sp³-hybridized carbons (Fsp3) is 0.238. The van der Waals surface area contributed by atoms with Gasteiger partial charge < -0.3 is 15.4 Å². The molecule has 0 saturated carbocycles. The first kappa shape index (κ1) is 20.9. The third-order valence-electron chi connectivity index (χ3n) is 4.05. The third-order valence-corrected chi connectivity index (χ3v) is 5.32. The second kappa shape index (κ2) is 9.58. The van der Waals surface area contributed by atoms with Crippen molar-refractivity contribution in [3.05, 3.63) is 48.0 Å². The van der Waals surface area contributed by atoms with Gasteiger partial charge in [-0.2, -0.15) is 0 Å². The fourth-order valence-electron chi connectivity index (χ4n) is 2.65. The molecule has 8 heteroatoms. The molecule has 3 aromatic rings. The largest absolute Gasteiger partial charge is 0.466 e. The van der Waals surface area contributed by atoms with Gasteiger partial charge in [-0.3, -0.25) is 9.59 Å². The van der Waals surface area contributed by atoms with Crippen LogP contribution in [0.1, 0.15) is 25.3 Å². The lowest BCUT2D eigenvalue weighted by Gasteiger charge is -2.10. The highest BCUT2D eigenvalue weighted by atomic mass is 32.1. The number of carbonyl (C=O) groups excluding carboxylic acids is 2. The zero-order chi connectivity index (χ0) is 20.8. The van der Waals surface area contributed by atoms with Crippen LogP contribution in [-0.4, -0.2) is 28.6 Å². The molecular formula is C21H21N3O3S2. The van der Waals surface area contributed by atoms with Crippen molar-refractivity contribution in [2.45, 2.75) is 26.7 Å². The second-order valence-electron chi connectivity index (χ2n) is 6.37. The van der Waals surface area contributed by atoms with Crippen molar-refractivity contribution < 1.29 is 14.3 Å². The molecule has 3 rings (SSSR count). The van der Waals surface area contributed by atoms with E-state index >= 15 is 0 Å². The molecule has 0 fully saturated rings. The number of thiocarbonyl (C=S) groups is 1. The molecule has 29 heavy (non-hydrogen) atoms. The van der Waals surface area contributed by atoms with Crippen LogP contribution in [0.3, 0.4) is 0 Å². The van der Waals surface area contributed by atoms with Gasteiger partial charge >= 0.3 is 5.97 Å². The van der Waals surface area contributed by atoms with Crippen molar-refractivity contribution in [1.82, 2.24) is 10.3 Å². The van der Waals surface area contributed by atoms with E-state index in [1.165, 1.54) is 5.56 Å². The maximum atomic E-state index is 11.8. The number of aromatic nitrogens is 1. The number of amides is 1. The van der Waals surface area contributed by atoms with Crippen molar-refractivity contribution in [2.24, 2.45) is 0 Å². The van der Waals surface area contributed by atoms with Crippen molar-refractivity contribution >= 4 is 56.4 Å². The van der Waals surface area contributed by atoms with E-state index in [0.29, 0.717) is 6.61 Å². The molecule has 150 valence electrons. The molecule has 1 aromatic heterocycles. The Labute approximate surface area is 178 Å². The van der Waals surface area contributed by atoms with E-state index in [1.54, 1.807) is 18.3 Å². The van der Waals surface area contributed by atoms with Gasteiger partial charge in [-0.15, -0.1) is 11.3 Å². The summed E-state index contributed by atoms with van der Waals surface area (Å²) in [6, 6.07) is 13.9. The Kier molecular flexibility index (Phi) is 6.90. The van der Waals surface area contributed by atoms with Crippen LogP contribution in [-0.2, 0) is 14.3 Å². The Morgan fingerprint density at radius 2 is 1.90 bits per heavy atom. The van der Waals surface area contributed by atoms with E-state index in [4.69, 9.17) is 17.0 Å². The monoisotopic (exact) mass is 427 g/mol. The highest BCUT2D eigenvalue weighted by Crippen LogP contribution is 2.31. The smallest absolute Gasteiger partial charge is 0.306 e. The molecule has 2 N–H and O–H groups in total. The van der Waals surface area contributed by atoms with Crippen molar-refractivity contribution in [3.8, 4) is 10.6 Å². The minimum Gasteiger partial charge on any atom is -0.466 e. The molecule has 0 spiro atoms. The van der Waals surface area contributed by atoms with Crippen molar-refractivity contribution in [3.63, 3.8) is 0 Å². The number of thiazole rings is 1. The number of esters is 1. The van der Waals surface area contributed by atoms with Gasteiger partial charge in [0.25, 0.3) is 0 Å². The molecule has 0 aliphatic carbocycles. The average Bonchev–Trinajstić information content (AvgIpc) is 3.10. The first-order chi connectivity index (χ1) is 13.9. The lowest BCUT2D eigenvalue weighted by molar-refractivity contribution is -0.144. The molecule has 6 nitrogen and oxygen atoms in total. The number of fused-ring (bicyclic) bond motifs is 1. The topological polar surface area (TPSA) is 80.3 Å². The standard InChI is InChI=1S/C21H21N3O3S2/c1-3-27-19(26)11-10-18(25)24-21(28)22-15-7-5-14(6-8-15)20-23-16-9-4-13(2)12-17(16)29-20/h4-9,12H,3,10-11H2,1-2H3,(H2,22,24,25,28). The Hall–Kier alpha value is -2.84. The number of hydrogen-bond acceptors (Lipinski definition) is 6. The Morgan fingerprint density at radius 3 is 2.62 bits per heavy atom. The summed E-state index contributed by atoms with van der Waals surface area (Å²) in [4.78, 5) is 27.8. The van der Waals surface area contributed by atoms with Gasteiger partial charge in [0, 0.05) is 17.7 Å². The summed E-state index contributed by atoms with van der Waals surface area (Å²) in [5.74, 6) is -0.737. The summed E-state index contributed by atoms with van der Waals surface area (Å²) < 4.78 is 5.95. The highest BCUT2D eigenvalue weighted by Gasteiger charge is 2.10. The summed E-state index contributed by atoms with van der Waals surface area (Å²) >= 11 is 6.81. The molecule has 0 atom stereocenters. The van der Waals surface area contributed by atoms with Crippen LogP contribution in [0.2, 0.25) is 0 Å². The predicted octanol–water partition coefficient (Wildman–Crippen LogP) is 4.43. The number of anilines is 1. The molecule has 0 unspecified atom stereocenters. The van der Waals surface area contributed by atoms with Crippen molar-refractivity contribution in [2.75, 3.05) is 11.9 Å². The van der Waals surface area contributed by atoms with E-state index < -0.39 is 5.97 Å². The number of ether oxygens (including phenoxy) is 1. The first-order valence-corrected chi connectivity index (χ1v) is 10.4. The normalized spacial score (nSPS) is 10.6. The average molecular weight is 428 g/mol. The van der Waals surface area contributed by atoms with Gasteiger partial charge in [0.2, 0.25) is 5.91 Å². The third kappa shape index (κ3) is 5.82. The number of carbonyl (C=O) groups is 2. The molecule has 1 heterocycles. The van der Waals surface area contributed by atoms with Gasteiger partial charge in [-0.05, 0) is 68.0 Å². The van der Waals surface area contributed by atoms with Crippen LogP contribution < -0.4 is 10.6 Å². The van der Waals surface area contributed by atoms with Gasteiger partial charge in [-0.25, -0.2) is 4.98 Å². The number of benzene rings is 2. The van der Waals surface area contributed by atoms with E-state index in [2.05, 4.69) is 34.7 Å². The van der Waals surface area contributed by atoms with Crippen LogP contribution in [0.15, 0.2) is 42.5 Å². The van der Waals surface area contributed by atoms with Crippen LogP contribution in [0.25, 0.3) is 20.8 Å². The van der Waals surface area contributed by atoms with Crippen LogP contribution in [0, 0.1) is 6.92 Å². The zero-order valence-electron chi connectivity index (χ0n) is 16.2. The lowest BCUT2D eigenvalue weighted by atomic mass is 10.2. The van der Waals surface area contributed by atoms with Gasteiger partial charge in [0.1, 0.15) is 5.01 Å². The SMILES string of the molecule is CCOC(=O)CCC(=O)NC(=S)Nc1ccc(-c2nc3ccc(C)cc3s2)cc1. The van der Waals surface area contributed by atoms with Crippen LogP contribution in [0.5, 0.6) is 0 Å². The molecule has 0 aliphatic heterocycles. The summed E-state index contributed by atoms with van der Waals surface area (Å²) in [5.41, 5.74) is 3.97. The fourth-order valence-corrected chi connectivity index (χ4v) is 3.95. The summed E-state index contributed by atoms with van der Waals surface area (Å²) in [5, 5.41) is 6.66. The van der Waals surface area contributed by atoms with E-state index in [9.17, 15) is 9.59 Å². The molecule has 0 saturated heterocycles. The summed E-state index contributed by atoms with van der Waals surface area (Å²) in [6.07, 6.45) is 0.0509. The molecule has 0 radical (unpaired) electrons. The lowest BCUT2D eigenvalue weighted by Crippen LogP contribution is -2.34. The number of aryl methyl sites for hydroxylation is 1. The van der Waals surface area contributed by atoms with E-state index in [0.717, 1.165) is 26.5 Å². The molecule has 1 amide bonds. The first-order valence-electron chi connectivity index (χ1n) is 9.18. The number of hydrogen-bond donors (Lipinski definition) is 2. The quantitative estimate of drug-likeness (QED) is 0.448. The second-order valence-corrected chi connectivity index (χ2v) is 7.81. The minimum atomic E-state index is -0.401.